The minimum absolute atomic E-state index is 0.145. The molecule has 1 heterocycles. The first kappa shape index (κ1) is 16.4. The van der Waals surface area contributed by atoms with Crippen molar-refractivity contribution in [3.8, 4) is 6.01 Å². The fourth-order valence-corrected chi connectivity index (χ4v) is 3.29. The molecule has 0 aliphatic heterocycles. The number of benzene rings is 1. The second-order valence-corrected chi connectivity index (χ2v) is 6.30. The number of hydrogen-bond donors (Lipinski definition) is 1. The molecule has 22 heavy (non-hydrogen) atoms. The van der Waals surface area contributed by atoms with E-state index in [9.17, 15) is 12.8 Å². The van der Waals surface area contributed by atoms with E-state index in [0.717, 1.165) is 6.07 Å². The van der Waals surface area contributed by atoms with Crippen LogP contribution in [0, 0.1) is 5.82 Å². The summed E-state index contributed by atoms with van der Waals surface area (Å²) in [6, 6.07) is 4.45. The molecule has 0 saturated carbocycles. The summed E-state index contributed by atoms with van der Waals surface area (Å²) in [6.07, 6.45) is 0. The number of ether oxygens (including phenoxy) is 1. The van der Waals surface area contributed by atoms with Crippen LogP contribution in [0.1, 0.15) is 25.7 Å². The molecule has 0 bridgehead atoms. The summed E-state index contributed by atoms with van der Waals surface area (Å²) in [5.74, 6) is -0.201. The summed E-state index contributed by atoms with van der Waals surface area (Å²) in [7, 11) is -2.40. The lowest BCUT2D eigenvalue weighted by atomic mass is 10.3. The van der Waals surface area contributed by atoms with Crippen molar-refractivity contribution in [1.82, 2.24) is 19.5 Å². The molecule has 1 aromatic carbocycles. The Labute approximate surface area is 128 Å². The van der Waals surface area contributed by atoms with E-state index < -0.39 is 21.9 Å². The van der Waals surface area contributed by atoms with Gasteiger partial charge >= 0.3 is 6.01 Å². The van der Waals surface area contributed by atoms with Gasteiger partial charge in [-0.1, -0.05) is 11.2 Å². The van der Waals surface area contributed by atoms with Gasteiger partial charge in [0.05, 0.1) is 18.0 Å². The highest BCUT2D eigenvalue weighted by Gasteiger charge is 2.23. The Kier molecular flexibility index (Phi) is 4.77. The van der Waals surface area contributed by atoms with Crippen molar-refractivity contribution in [1.29, 1.82) is 0 Å². The van der Waals surface area contributed by atoms with Crippen molar-refractivity contribution in [3.63, 3.8) is 0 Å². The molecule has 1 aromatic heterocycles. The largest absolute Gasteiger partial charge is 0.467 e. The highest BCUT2D eigenvalue weighted by atomic mass is 32.2. The number of nitrogens with zero attached hydrogens (tertiary/aromatic N) is 3. The van der Waals surface area contributed by atoms with Gasteiger partial charge in [0.15, 0.2) is 5.82 Å². The summed E-state index contributed by atoms with van der Waals surface area (Å²) >= 11 is 0. The van der Waals surface area contributed by atoms with Crippen LogP contribution in [0.3, 0.4) is 0 Å². The summed E-state index contributed by atoms with van der Waals surface area (Å²) in [4.78, 5) is -0.145. The molecule has 0 amide bonds. The maximum atomic E-state index is 13.2. The van der Waals surface area contributed by atoms with Crippen molar-refractivity contribution >= 4 is 10.0 Å². The van der Waals surface area contributed by atoms with Gasteiger partial charge in [-0.2, -0.15) is 0 Å². The van der Waals surface area contributed by atoms with E-state index in [2.05, 4.69) is 14.9 Å². The van der Waals surface area contributed by atoms with Crippen molar-refractivity contribution in [2.75, 3.05) is 7.11 Å². The second-order valence-electron chi connectivity index (χ2n) is 4.59. The van der Waals surface area contributed by atoms with E-state index in [-0.39, 0.29) is 4.90 Å². The van der Waals surface area contributed by atoms with E-state index >= 15 is 0 Å². The summed E-state index contributed by atoms with van der Waals surface area (Å²) < 4.78 is 46.9. The smallest absolute Gasteiger partial charge is 0.316 e. The van der Waals surface area contributed by atoms with Crippen LogP contribution >= 0.6 is 0 Å². The molecule has 0 aliphatic rings. The van der Waals surface area contributed by atoms with E-state index in [1.165, 1.54) is 25.3 Å². The number of nitrogens with one attached hydrogen (secondary N) is 1. The molecular weight excluding hydrogens is 311 g/mol. The predicted molar refractivity (Wildman–Crippen MR) is 77.4 cm³/mol. The maximum absolute atomic E-state index is 13.2. The summed E-state index contributed by atoms with van der Waals surface area (Å²) in [5.41, 5.74) is 0. The van der Waals surface area contributed by atoms with Crippen LogP contribution in [0.4, 0.5) is 4.39 Å². The van der Waals surface area contributed by atoms with Crippen LogP contribution in [0.5, 0.6) is 6.01 Å². The Morgan fingerprint density at radius 1 is 1.41 bits per heavy atom. The molecule has 0 fully saturated rings. The van der Waals surface area contributed by atoms with Crippen molar-refractivity contribution in [3.05, 3.63) is 35.9 Å². The molecule has 0 unspecified atom stereocenters. The molecule has 1 N–H and O–H groups in total. The molecule has 0 aliphatic carbocycles. The van der Waals surface area contributed by atoms with Crippen LogP contribution < -0.4 is 9.46 Å². The van der Waals surface area contributed by atoms with Crippen LogP contribution in [0.2, 0.25) is 0 Å². The van der Waals surface area contributed by atoms with E-state index in [1.807, 2.05) is 6.92 Å². The highest BCUT2D eigenvalue weighted by molar-refractivity contribution is 7.89. The molecule has 7 nitrogen and oxygen atoms in total. The predicted octanol–water partition coefficient (Wildman–Crippen LogP) is 1.49. The maximum Gasteiger partial charge on any atom is 0.316 e. The van der Waals surface area contributed by atoms with E-state index in [4.69, 9.17) is 4.74 Å². The first-order chi connectivity index (χ1) is 10.4. The number of methoxy groups -OCH3 is 1. The molecule has 120 valence electrons. The van der Waals surface area contributed by atoms with Gasteiger partial charge in [0.2, 0.25) is 10.0 Å². The first-order valence-electron chi connectivity index (χ1n) is 6.64. The number of halogens is 1. The summed E-state index contributed by atoms with van der Waals surface area (Å²) in [6.45, 7) is 4.02. The van der Waals surface area contributed by atoms with Crippen molar-refractivity contribution in [2.45, 2.75) is 31.3 Å². The van der Waals surface area contributed by atoms with Crippen molar-refractivity contribution in [2.24, 2.45) is 0 Å². The molecule has 2 aromatic rings. The summed E-state index contributed by atoms with van der Waals surface area (Å²) in [5, 5.41) is 7.78. The zero-order chi connectivity index (χ0) is 16.3. The number of rotatable bonds is 6. The fraction of sp³-hybridized carbons (Fsp3) is 0.385. The third kappa shape index (κ3) is 3.25. The average molecular weight is 328 g/mol. The molecule has 0 radical (unpaired) electrons. The van der Waals surface area contributed by atoms with Gasteiger partial charge in [-0.05, 0) is 32.0 Å². The zero-order valence-corrected chi connectivity index (χ0v) is 13.3. The van der Waals surface area contributed by atoms with Crippen LogP contribution in [0.15, 0.2) is 29.2 Å². The fourth-order valence-electron chi connectivity index (χ4n) is 2.06. The Balaban J connectivity index is 2.28. The van der Waals surface area contributed by atoms with Gasteiger partial charge in [0.1, 0.15) is 5.82 Å². The second kappa shape index (κ2) is 6.41. The van der Waals surface area contributed by atoms with Gasteiger partial charge < -0.3 is 4.74 Å². The van der Waals surface area contributed by atoms with Crippen LogP contribution in [-0.2, 0) is 16.6 Å². The molecule has 9 heteroatoms. The third-order valence-electron chi connectivity index (χ3n) is 3.07. The van der Waals surface area contributed by atoms with Gasteiger partial charge in [0, 0.05) is 6.54 Å². The van der Waals surface area contributed by atoms with Crippen LogP contribution in [-0.4, -0.2) is 30.3 Å². The number of hydrogen-bond acceptors (Lipinski definition) is 5. The number of aromatic nitrogens is 3. The Hall–Kier alpha value is -2.00. The zero-order valence-electron chi connectivity index (χ0n) is 12.4. The minimum Gasteiger partial charge on any atom is -0.467 e. The Morgan fingerprint density at radius 3 is 2.73 bits per heavy atom. The standard InChI is InChI=1S/C13H17FN4O3S/c1-4-18-12(15-16-13(18)21-3)9(2)17-22(19,20)11-7-5-6-10(14)8-11/h5-9,17H,4H2,1-3H3/t9-/m1/s1. The van der Waals surface area contributed by atoms with Crippen LogP contribution in [0.25, 0.3) is 0 Å². The van der Waals surface area contributed by atoms with Gasteiger partial charge in [-0.25, -0.2) is 17.5 Å². The average Bonchev–Trinajstić information content (AvgIpc) is 2.89. The van der Waals surface area contributed by atoms with Gasteiger partial charge in [0.25, 0.3) is 0 Å². The number of sulfonamides is 1. The molecule has 1 atom stereocenters. The lowest BCUT2D eigenvalue weighted by Crippen LogP contribution is -2.29. The highest BCUT2D eigenvalue weighted by Crippen LogP contribution is 2.19. The van der Waals surface area contributed by atoms with Crippen molar-refractivity contribution < 1.29 is 17.5 Å². The minimum atomic E-state index is -3.86. The Morgan fingerprint density at radius 2 is 2.14 bits per heavy atom. The Bertz CT molecular complexity index is 760. The molecule has 2 rings (SSSR count). The van der Waals surface area contributed by atoms with Gasteiger partial charge in [-0.3, -0.25) is 4.57 Å². The van der Waals surface area contributed by atoms with E-state index in [0.29, 0.717) is 18.4 Å². The monoisotopic (exact) mass is 328 g/mol. The lowest BCUT2D eigenvalue weighted by molar-refractivity contribution is 0.354. The molecule has 0 spiro atoms. The molecule has 0 saturated heterocycles. The van der Waals surface area contributed by atoms with E-state index in [1.54, 1.807) is 11.5 Å². The normalized spacial score (nSPS) is 13.1. The lowest BCUT2D eigenvalue weighted by Gasteiger charge is -2.15. The SMILES string of the molecule is CCn1c(OC)nnc1[C@@H](C)NS(=O)(=O)c1cccc(F)c1. The third-order valence-corrected chi connectivity index (χ3v) is 4.61. The topological polar surface area (TPSA) is 86.1 Å². The first-order valence-corrected chi connectivity index (χ1v) is 8.12. The molecular formula is C13H17FN4O3S. The quantitative estimate of drug-likeness (QED) is 0.868. The van der Waals surface area contributed by atoms with Gasteiger partial charge in [-0.15, -0.1) is 5.10 Å².